The summed E-state index contributed by atoms with van der Waals surface area (Å²) in [6, 6.07) is 0. The van der Waals surface area contributed by atoms with Crippen molar-refractivity contribution in [2.75, 3.05) is 19.8 Å². The predicted molar refractivity (Wildman–Crippen MR) is 51.2 cm³/mol. The van der Waals surface area contributed by atoms with E-state index >= 15 is 0 Å². The topological polar surface area (TPSA) is 55.8 Å². The fourth-order valence-corrected chi connectivity index (χ4v) is 1.31. The first-order valence-electron chi connectivity index (χ1n) is 4.80. The van der Waals surface area contributed by atoms with E-state index in [1.165, 1.54) is 0 Å². The molecule has 0 saturated carbocycles. The lowest BCUT2D eigenvalue weighted by Crippen LogP contribution is -2.25. The zero-order valence-corrected chi connectivity index (χ0v) is 8.20. The average molecular weight is 200 g/mol. The molecule has 0 bridgehead atoms. The molecule has 1 aliphatic heterocycles. The maximum Gasteiger partial charge on any atom is 0.333 e. The van der Waals surface area contributed by atoms with Gasteiger partial charge in [-0.3, -0.25) is 0 Å². The van der Waals surface area contributed by atoms with Crippen molar-refractivity contribution in [1.29, 1.82) is 0 Å². The summed E-state index contributed by atoms with van der Waals surface area (Å²) in [5, 5.41) is 8.51. The quantitative estimate of drug-likeness (QED) is 0.678. The molecule has 1 rings (SSSR count). The Morgan fingerprint density at radius 2 is 2.36 bits per heavy atom. The molecule has 1 aliphatic rings. The standard InChI is InChI=1S/C10H16O4/c1-8(10(11)12)6-13-7-9-4-2-3-5-14-9/h9H,1-7H2,(H,11,12). The molecular weight excluding hydrogens is 184 g/mol. The number of hydrogen-bond acceptors (Lipinski definition) is 3. The summed E-state index contributed by atoms with van der Waals surface area (Å²) in [4.78, 5) is 10.4. The molecule has 4 nitrogen and oxygen atoms in total. The third-order valence-corrected chi connectivity index (χ3v) is 2.16. The van der Waals surface area contributed by atoms with Gasteiger partial charge >= 0.3 is 5.97 Å². The molecule has 0 spiro atoms. The van der Waals surface area contributed by atoms with Crippen LogP contribution in [0.4, 0.5) is 0 Å². The van der Waals surface area contributed by atoms with E-state index in [1.807, 2.05) is 0 Å². The fraction of sp³-hybridized carbons (Fsp3) is 0.700. The molecule has 14 heavy (non-hydrogen) atoms. The van der Waals surface area contributed by atoms with Crippen LogP contribution < -0.4 is 0 Å². The minimum absolute atomic E-state index is 0.0786. The summed E-state index contributed by atoms with van der Waals surface area (Å²) in [7, 11) is 0. The van der Waals surface area contributed by atoms with Crippen LogP contribution in [-0.4, -0.2) is 37.0 Å². The summed E-state index contributed by atoms with van der Waals surface area (Å²) in [5.41, 5.74) is 0.0841. The maximum absolute atomic E-state index is 10.4. The first-order valence-corrected chi connectivity index (χ1v) is 4.80. The number of aliphatic carboxylic acids is 1. The molecule has 0 aromatic rings. The van der Waals surface area contributed by atoms with Crippen molar-refractivity contribution in [2.45, 2.75) is 25.4 Å². The molecular formula is C10H16O4. The fourth-order valence-electron chi connectivity index (χ4n) is 1.31. The second kappa shape index (κ2) is 5.78. The van der Waals surface area contributed by atoms with Crippen molar-refractivity contribution < 1.29 is 19.4 Å². The highest BCUT2D eigenvalue weighted by Crippen LogP contribution is 2.12. The molecule has 0 aromatic heterocycles. The normalized spacial score (nSPS) is 21.9. The van der Waals surface area contributed by atoms with Crippen LogP contribution >= 0.6 is 0 Å². The van der Waals surface area contributed by atoms with Gasteiger partial charge in [-0.2, -0.15) is 0 Å². The van der Waals surface area contributed by atoms with E-state index in [-0.39, 0.29) is 18.3 Å². The second-order valence-electron chi connectivity index (χ2n) is 3.41. The summed E-state index contributed by atoms with van der Waals surface area (Å²) in [6.45, 7) is 4.70. The van der Waals surface area contributed by atoms with Crippen molar-refractivity contribution in [2.24, 2.45) is 0 Å². The van der Waals surface area contributed by atoms with E-state index in [2.05, 4.69) is 6.58 Å². The lowest BCUT2D eigenvalue weighted by Gasteiger charge is -2.22. The monoisotopic (exact) mass is 200 g/mol. The van der Waals surface area contributed by atoms with Gasteiger partial charge in [-0.1, -0.05) is 6.58 Å². The Morgan fingerprint density at radius 3 is 2.93 bits per heavy atom. The highest BCUT2D eigenvalue weighted by Gasteiger charge is 2.14. The van der Waals surface area contributed by atoms with Gasteiger partial charge in [-0.15, -0.1) is 0 Å². The second-order valence-corrected chi connectivity index (χ2v) is 3.41. The molecule has 4 heteroatoms. The molecule has 0 radical (unpaired) electrons. The van der Waals surface area contributed by atoms with E-state index in [0.717, 1.165) is 25.9 Å². The van der Waals surface area contributed by atoms with E-state index < -0.39 is 5.97 Å². The number of hydrogen-bond donors (Lipinski definition) is 1. The van der Waals surface area contributed by atoms with Crippen molar-refractivity contribution in [3.63, 3.8) is 0 Å². The van der Waals surface area contributed by atoms with Gasteiger partial charge in [0.25, 0.3) is 0 Å². The Balaban J connectivity index is 2.08. The van der Waals surface area contributed by atoms with Gasteiger partial charge in [-0.05, 0) is 19.3 Å². The van der Waals surface area contributed by atoms with Crippen LogP contribution in [0, 0.1) is 0 Å². The molecule has 1 heterocycles. The molecule has 1 unspecified atom stereocenters. The Labute approximate surface area is 83.5 Å². The molecule has 0 aliphatic carbocycles. The van der Waals surface area contributed by atoms with Gasteiger partial charge in [0.15, 0.2) is 0 Å². The number of carbonyl (C=O) groups is 1. The average Bonchev–Trinajstić information content (AvgIpc) is 2.19. The highest BCUT2D eigenvalue weighted by molar-refractivity contribution is 5.85. The van der Waals surface area contributed by atoms with E-state index in [0.29, 0.717) is 6.61 Å². The third kappa shape index (κ3) is 3.89. The lowest BCUT2D eigenvalue weighted by molar-refractivity contribution is -0.133. The number of rotatable bonds is 5. The zero-order chi connectivity index (χ0) is 10.4. The Morgan fingerprint density at radius 1 is 1.57 bits per heavy atom. The van der Waals surface area contributed by atoms with Gasteiger partial charge in [0.05, 0.1) is 24.9 Å². The number of carboxylic acids is 1. The van der Waals surface area contributed by atoms with Crippen LogP contribution in [0.2, 0.25) is 0 Å². The van der Waals surface area contributed by atoms with Crippen molar-refractivity contribution in [3.8, 4) is 0 Å². The summed E-state index contributed by atoms with van der Waals surface area (Å²) >= 11 is 0. The van der Waals surface area contributed by atoms with Crippen molar-refractivity contribution >= 4 is 5.97 Å². The predicted octanol–water partition coefficient (Wildman–Crippen LogP) is 1.21. The summed E-state index contributed by atoms with van der Waals surface area (Å²) in [5.74, 6) is -1.01. The minimum atomic E-state index is -1.01. The molecule has 1 saturated heterocycles. The molecule has 80 valence electrons. The van der Waals surface area contributed by atoms with Gasteiger partial charge < -0.3 is 14.6 Å². The first kappa shape index (κ1) is 11.2. The van der Waals surface area contributed by atoms with Gasteiger partial charge in [-0.25, -0.2) is 4.79 Å². The minimum Gasteiger partial charge on any atom is -0.478 e. The SMILES string of the molecule is C=C(COCC1CCCCO1)C(=O)O. The first-order chi connectivity index (χ1) is 6.70. The van der Waals surface area contributed by atoms with Gasteiger partial charge in [0.1, 0.15) is 0 Å². The Kier molecular flexibility index (Phi) is 4.62. The Bertz CT molecular complexity index is 206. The van der Waals surface area contributed by atoms with Crippen molar-refractivity contribution in [3.05, 3.63) is 12.2 Å². The largest absolute Gasteiger partial charge is 0.478 e. The summed E-state index contributed by atoms with van der Waals surface area (Å²) in [6.07, 6.45) is 3.40. The van der Waals surface area contributed by atoms with Crippen LogP contribution in [0.1, 0.15) is 19.3 Å². The lowest BCUT2D eigenvalue weighted by atomic mass is 10.1. The maximum atomic E-state index is 10.4. The smallest absolute Gasteiger partial charge is 0.333 e. The van der Waals surface area contributed by atoms with Crippen LogP contribution in [0.15, 0.2) is 12.2 Å². The summed E-state index contributed by atoms with van der Waals surface area (Å²) < 4.78 is 10.6. The Hall–Kier alpha value is -0.870. The van der Waals surface area contributed by atoms with Crippen LogP contribution in [0.25, 0.3) is 0 Å². The molecule has 0 aromatic carbocycles. The molecule has 0 amide bonds. The number of carboxylic acid groups (broad SMARTS) is 1. The van der Waals surface area contributed by atoms with Crippen molar-refractivity contribution in [1.82, 2.24) is 0 Å². The van der Waals surface area contributed by atoms with Crippen LogP contribution in [0.3, 0.4) is 0 Å². The molecule has 1 atom stereocenters. The zero-order valence-electron chi connectivity index (χ0n) is 8.20. The molecule has 1 fully saturated rings. The van der Waals surface area contributed by atoms with Gasteiger partial charge in [0, 0.05) is 6.61 Å². The number of ether oxygens (including phenoxy) is 2. The molecule has 1 N–H and O–H groups in total. The van der Waals surface area contributed by atoms with E-state index in [9.17, 15) is 4.79 Å². The van der Waals surface area contributed by atoms with E-state index in [1.54, 1.807) is 0 Å². The van der Waals surface area contributed by atoms with Gasteiger partial charge in [0.2, 0.25) is 0 Å². The van der Waals surface area contributed by atoms with E-state index in [4.69, 9.17) is 14.6 Å². The van der Waals surface area contributed by atoms with Crippen LogP contribution in [0.5, 0.6) is 0 Å². The third-order valence-electron chi connectivity index (χ3n) is 2.16. The highest BCUT2D eigenvalue weighted by atomic mass is 16.5. The van der Waals surface area contributed by atoms with Crippen LogP contribution in [-0.2, 0) is 14.3 Å².